The monoisotopic (exact) mass is 366 g/mol. The molecule has 5 heteroatoms. The average molecular weight is 367 g/mol. The van der Waals surface area contributed by atoms with Crippen LogP contribution in [0, 0.1) is 0 Å². The van der Waals surface area contributed by atoms with E-state index in [1.807, 2.05) is 66.7 Å². The van der Waals surface area contributed by atoms with Gasteiger partial charge in [-0.1, -0.05) is 36.4 Å². The molecule has 1 aliphatic rings. The summed E-state index contributed by atoms with van der Waals surface area (Å²) >= 11 is 0. The van der Waals surface area contributed by atoms with E-state index in [4.69, 9.17) is 4.74 Å². The number of carbonyl (C=O) groups is 1. The molecule has 1 heterocycles. The first-order chi connectivity index (χ1) is 12.3. The highest BCUT2D eigenvalue weighted by atomic mass is 35.5. The van der Waals surface area contributed by atoms with E-state index >= 15 is 0 Å². The number of halogens is 1. The normalized spacial score (nSPS) is 14.7. The molecule has 3 aromatic rings. The van der Waals surface area contributed by atoms with Crippen molar-refractivity contribution in [2.75, 3.05) is 5.32 Å². The van der Waals surface area contributed by atoms with Crippen LogP contribution in [-0.2, 0) is 11.2 Å². The summed E-state index contributed by atoms with van der Waals surface area (Å²) < 4.78 is 5.73. The summed E-state index contributed by atoms with van der Waals surface area (Å²) in [4.78, 5) is 12.4. The molecule has 0 aromatic heterocycles. The lowest BCUT2D eigenvalue weighted by Gasteiger charge is -2.11. The lowest BCUT2D eigenvalue weighted by atomic mass is 10.1. The van der Waals surface area contributed by atoms with Gasteiger partial charge in [0.2, 0.25) is 0 Å². The van der Waals surface area contributed by atoms with Crippen molar-refractivity contribution in [2.24, 2.45) is 0 Å². The molecule has 0 radical (unpaired) electrons. The average Bonchev–Trinajstić information content (AvgIpc) is 3.09. The molecule has 4 nitrogen and oxygen atoms in total. The van der Waals surface area contributed by atoms with Crippen molar-refractivity contribution in [1.29, 1.82) is 0 Å². The Hall–Kier alpha value is -2.82. The summed E-state index contributed by atoms with van der Waals surface area (Å²) in [5.41, 5.74) is 4.09. The van der Waals surface area contributed by atoms with Crippen LogP contribution in [0.15, 0.2) is 78.9 Å². The molecular weight excluding hydrogens is 348 g/mol. The minimum atomic E-state index is -0.465. The summed E-state index contributed by atoms with van der Waals surface area (Å²) in [6.45, 7) is 0. The summed E-state index contributed by atoms with van der Waals surface area (Å²) in [6, 6.07) is 25.7. The highest BCUT2D eigenvalue weighted by Crippen LogP contribution is 2.28. The molecule has 3 aromatic carbocycles. The second kappa shape index (κ2) is 8.04. The third kappa shape index (κ3) is 4.04. The van der Waals surface area contributed by atoms with Crippen molar-refractivity contribution in [1.82, 2.24) is 0 Å². The number of carbonyl (C=O) groups excluding carboxylic acids is 1. The number of hydrogen-bond donors (Lipinski definition) is 2. The predicted molar refractivity (Wildman–Crippen MR) is 97.3 cm³/mol. The number of benzene rings is 3. The number of para-hydroxylation sites is 2. The van der Waals surface area contributed by atoms with Gasteiger partial charge in [-0.2, -0.15) is 0 Å². The standard InChI is InChI=1S/C21H18N2O2.ClH/c24-21(20-14-15-6-4-5-9-19(15)25-20)23-18-12-10-17(11-13-18)22-16-7-2-1-3-8-16;/h1-13,20,22H,14H2,(H,23,24);1H. The van der Waals surface area contributed by atoms with Crippen molar-refractivity contribution in [3.63, 3.8) is 0 Å². The third-order valence-electron chi connectivity index (χ3n) is 4.25. The lowest BCUT2D eigenvalue weighted by molar-refractivity contribution is -0.478. The molecule has 132 valence electrons. The topological polar surface area (TPSA) is 54.9 Å². The van der Waals surface area contributed by atoms with E-state index in [1.165, 1.54) is 0 Å². The van der Waals surface area contributed by atoms with Gasteiger partial charge >= 0.3 is 0 Å². The number of fused-ring (bicyclic) bond motifs is 1. The number of nitrogens with one attached hydrogen (secondary N) is 1. The van der Waals surface area contributed by atoms with Gasteiger partial charge in [-0.3, -0.25) is 10.1 Å². The molecule has 26 heavy (non-hydrogen) atoms. The zero-order valence-corrected chi connectivity index (χ0v) is 14.8. The molecule has 1 aliphatic heterocycles. The minimum absolute atomic E-state index is 0. The van der Waals surface area contributed by atoms with E-state index in [0.717, 1.165) is 28.4 Å². The first kappa shape index (κ1) is 18.0. The molecule has 1 amide bonds. The Labute approximate surface area is 158 Å². The number of anilines is 1. The maximum absolute atomic E-state index is 12.4. The van der Waals surface area contributed by atoms with Gasteiger partial charge in [0.05, 0.1) is 0 Å². The van der Waals surface area contributed by atoms with Crippen molar-refractivity contribution in [3.05, 3.63) is 84.4 Å². The second-order valence-corrected chi connectivity index (χ2v) is 6.08. The van der Waals surface area contributed by atoms with E-state index in [0.29, 0.717) is 6.42 Å². The second-order valence-electron chi connectivity index (χ2n) is 6.08. The molecule has 0 bridgehead atoms. The van der Waals surface area contributed by atoms with E-state index < -0.39 is 6.10 Å². The third-order valence-corrected chi connectivity index (χ3v) is 4.25. The molecule has 3 N–H and O–H groups in total. The molecular formula is C21H19ClN2O2. The molecule has 0 aliphatic carbocycles. The smallest absolute Gasteiger partial charge is 0.265 e. The van der Waals surface area contributed by atoms with Crippen LogP contribution in [0.4, 0.5) is 17.1 Å². The van der Waals surface area contributed by atoms with Crippen LogP contribution >= 0.6 is 0 Å². The largest absolute Gasteiger partial charge is 1.00 e. The molecule has 1 atom stereocenters. The van der Waals surface area contributed by atoms with Crippen LogP contribution < -0.4 is 27.8 Å². The quantitative estimate of drug-likeness (QED) is 0.646. The zero-order chi connectivity index (χ0) is 17.1. The maximum atomic E-state index is 12.4. The number of quaternary nitrogens is 1. The van der Waals surface area contributed by atoms with Crippen LogP contribution in [0.25, 0.3) is 0 Å². The Morgan fingerprint density at radius 3 is 2.27 bits per heavy atom. The van der Waals surface area contributed by atoms with Gasteiger partial charge in [0.1, 0.15) is 17.1 Å². The van der Waals surface area contributed by atoms with Crippen molar-refractivity contribution in [2.45, 2.75) is 12.5 Å². The zero-order valence-electron chi connectivity index (χ0n) is 14.1. The van der Waals surface area contributed by atoms with E-state index in [2.05, 4.69) is 22.8 Å². The molecule has 4 rings (SSSR count). The number of ether oxygens (including phenoxy) is 1. The first-order valence-corrected chi connectivity index (χ1v) is 8.33. The Kier molecular flexibility index (Phi) is 5.56. The minimum Gasteiger partial charge on any atom is -1.00 e. The van der Waals surface area contributed by atoms with Crippen molar-refractivity contribution >= 4 is 23.0 Å². The van der Waals surface area contributed by atoms with Gasteiger partial charge in [0.15, 0.2) is 6.10 Å². The molecule has 0 saturated carbocycles. The molecule has 0 fully saturated rings. The van der Waals surface area contributed by atoms with Crippen LogP contribution in [-0.4, -0.2) is 12.0 Å². The van der Waals surface area contributed by atoms with Crippen LogP contribution in [0.3, 0.4) is 0 Å². The lowest BCUT2D eigenvalue weighted by Crippen LogP contribution is -3.00. The van der Waals surface area contributed by atoms with Gasteiger partial charge in [-0.15, -0.1) is 0 Å². The Morgan fingerprint density at radius 2 is 1.54 bits per heavy atom. The maximum Gasteiger partial charge on any atom is 0.265 e. The summed E-state index contributed by atoms with van der Waals surface area (Å²) in [6.07, 6.45) is 0.148. The fourth-order valence-corrected chi connectivity index (χ4v) is 2.96. The fraction of sp³-hybridized carbons (Fsp3) is 0.0952. The molecule has 0 spiro atoms. The highest BCUT2D eigenvalue weighted by Gasteiger charge is 2.28. The van der Waals surface area contributed by atoms with Crippen LogP contribution in [0.1, 0.15) is 5.56 Å². The fourth-order valence-electron chi connectivity index (χ4n) is 2.96. The Morgan fingerprint density at radius 1 is 0.885 bits per heavy atom. The van der Waals surface area contributed by atoms with E-state index in [1.54, 1.807) is 0 Å². The predicted octanol–water partition coefficient (Wildman–Crippen LogP) is 0.159. The number of hydrogen-bond acceptors (Lipinski definition) is 2. The molecule has 1 unspecified atom stereocenters. The van der Waals surface area contributed by atoms with Crippen LogP contribution in [0.2, 0.25) is 0 Å². The SMILES string of the molecule is O=C(Nc1ccc([NH2+]c2ccccc2)cc1)C1Cc2ccccc2O1.[Cl-]. The van der Waals surface area contributed by atoms with Gasteiger partial charge in [0, 0.05) is 24.2 Å². The van der Waals surface area contributed by atoms with Gasteiger partial charge < -0.3 is 22.5 Å². The highest BCUT2D eigenvalue weighted by molar-refractivity contribution is 5.95. The van der Waals surface area contributed by atoms with Crippen molar-refractivity contribution < 1.29 is 27.3 Å². The summed E-state index contributed by atoms with van der Waals surface area (Å²) in [7, 11) is 0. The van der Waals surface area contributed by atoms with E-state index in [9.17, 15) is 4.79 Å². The van der Waals surface area contributed by atoms with Crippen LogP contribution in [0.5, 0.6) is 5.75 Å². The van der Waals surface area contributed by atoms with E-state index in [-0.39, 0.29) is 18.3 Å². The van der Waals surface area contributed by atoms with Gasteiger partial charge in [-0.25, -0.2) is 0 Å². The Balaban J connectivity index is 0.00000196. The van der Waals surface area contributed by atoms with Crippen molar-refractivity contribution in [3.8, 4) is 5.75 Å². The summed E-state index contributed by atoms with van der Waals surface area (Å²) in [5, 5.41) is 5.03. The number of nitrogens with two attached hydrogens (primary N) is 1. The summed E-state index contributed by atoms with van der Waals surface area (Å²) in [5.74, 6) is 0.687. The number of rotatable bonds is 4. The number of amides is 1. The van der Waals surface area contributed by atoms with Gasteiger partial charge in [-0.05, 0) is 35.9 Å². The molecule has 0 saturated heterocycles. The van der Waals surface area contributed by atoms with Gasteiger partial charge in [0.25, 0.3) is 5.91 Å². The first-order valence-electron chi connectivity index (χ1n) is 8.33. The Bertz CT molecular complexity index is 857.